The van der Waals surface area contributed by atoms with Gasteiger partial charge in [0.15, 0.2) is 5.78 Å². The monoisotopic (exact) mass is 549 g/mol. The second-order valence-corrected chi connectivity index (χ2v) is 10.8. The van der Waals surface area contributed by atoms with Crippen LogP contribution in [-0.4, -0.2) is 34.9 Å². The van der Waals surface area contributed by atoms with E-state index < -0.39 is 28.5 Å². The predicted molar refractivity (Wildman–Crippen MR) is 148 cm³/mol. The molecule has 9 heteroatoms. The number of pyridine rings is 1. The van der Waals surface area contributed by atoms with Gasteiger partial charge < -0.3 is 20.8 Å². The Balaban J connectivity index is 1.27. The van der Waals surface area contributed by atoms with Crippen LogP contribution in [0.4, 0.5) is 14.6 Å². The van der Waals surface area contributed by atoms with Gasteiger partial charge >= 0.3 is 5.97 Å². The minimum absolute atomic E-state index is 0.0429. The number of hydrogen-bond acceptors (Lipinski definition) is 6. The van der Waals surface area contributed by atoms with Crippen molar-refractivity contribution in [1.29, 1.82) is 0 Å². The van der Waals surface area contributed by atoms with Gasteiger partial charge in [-0.3, -0.25) is 14.4 Å². The smallest absolute Gasteiger partial charge is 0.326 e. The van der Waals surface area contributed by atoms with E-state index in [0.29, 0.717) is 24.6 Å². The number of ketones is 1. The molecule has 0 spiro atoms. The molecule has 210 valence electrons. The van der Waals surface area contributed by atoms with Gasteiger partial charge in [-0.1, -0.05) is 37.1 Å². The maximum absolute atomic E-state index is 14.2. The minimum atomic E-state index is -1.01. The van der Waals surface area contributed by atoms with Crippen molar-refractivity contribution in [3.8, 4) is 11.1 Å². The third-order valence-electron chi connectivity index (χ3n) is 8.06. The molecule has 0 aliphatic heterocycles. The van der Waals surface area contributed by atoms with E-state index in [-0.39, 0.29) is 34.6 Å². The Morgan fingerprint density at radius 1 is 0.975 bits per heavy atom. The summed E-state index contributed by atoms with van der Waals surface area (Å²) in [6.07, 6.45) is 8.38. The zero-order valence-corrected chi connectivity index (χ0v) is 22.2. The Hall–Kier alpha value is -3.85. The Bertz CT molecular complexity index is 1460. The molecule has 2 fully saturated rings. The summed E-state index contributed by atoms with van der Waals surface area (Å²) in [7, 11) is 0. The summed E-state index contributed by atoms with van der Waals surface area (Å²) in [6.45, 7) is 0.601. The molecule has 2 aromatic carbocycles. The van der Waals surface area contributed by atoms with Gasteiger partial charge in [-0.05, 0) is 74.3 Å². The SMILES string of the molecule is Nc1[nH]c(=O)c(-c2ccc(CCNC3(C(=O)OC4CCCC4)CCCC3)cc2)cc1C(=O)c1ccc(F)cc1F. The molecular formula is C31H33F2N3O4. The maximum atomic E-state index is 14.2. The van der Waals surface area contributed by atoms with Crippen molar-refractivity contribution in [2.45, 2.75) is 69.4 Å². The molecule has 0 bridgehead atoms. The van der Waals surface area contributed by atoms with Crippen LogP contribution in [-0.2, 0) is 16.0 Å². The fourth-order valence-electron chi connectivity index (χ4n) is 5.76. The first-order valence-electron chi connectivity index (χ1n) is 13.8. The van der Waals surface area contributed by atoms with Crippen LogP contribution < -0.4 is 16.6 Å². The lowest BCUT2D eigenvalue weighted by molar-refractivity contribution is -0.156. The van der Waals surface area contributed by atoms with E-state index in [1.807, 2.05) is 12.1 Å². The molecule has 3 aromatic rings. The summed E-state index contributed by atoms with van der Waals surface area (Å²) in [4.78, 5) is 41.1. The first-order chi connectivity index (χ1) is 19.3. The summed E-state index contributed by atoms with van der Waals surface area (Å²) in [5.74, 6) is -2.90. The van der Waals surface area contributed by atoms with Crippen molar-refractivity contribution in [3.05, 3.63) is 87.2 Å². The number of anilines is 1. The molecule has 4 N–H and O–H groups in total. The molecule has 0 atom stereocenters. The summed E-state index contributed by atoms with van der Waals surface area (Å²) in [6, 6.07) is 11.3. The van der Waals surface area contributed by atoms with Gasteiger partial charge in [0.2, 0.25) is 0 Å². The molecule has 2 aliphatic carbocycles. The minimum Gasteiger partial charge on any atom is -0.461 e. The number of aromatic nitrogens is 1. The fraction of sp³-hybridized carbons (Fsp3) is 0.387. The number of aromatic amines is 1. The Morgan fingerprint density at radius 3 is 2.35 bits per heavy atom. The number of nitrogens with two attached hydrogens (primary N) is 1. The maximum Gasteiger partial charge on any atom is 0.326 e. The average Bonchev–Trinajstić information content (AvgIpc) is 3.62. The highest BCUT2D eigenvalue weighted by Gasteiger charge is 2.43. The summed E-state index contributed by atoms with van der Waals surface area (Å²) >= 11 is 0. The van der Waals surface area contributed by atoms with Crippen LogP contribution in [0.15, 0.2) is 53.3 Å². The normalized spacial score (nSPS) is 16.8. The first kappa shape index (κ1) is 27.7. The molecule has 2 saturated carbocycles. The number of benzene rings is 2. The predicted octanol–water partition coefficient (Wildman–Crippen LogP) is 5.06. The van der Waals surface area contributed by atoms with Crippen molar-refractivity contribution in [3.63, 3.8) is 0 Å². The van der Waals surface area contributed by atoms with E-state index in [2.05, 4.69) is 10.3 Å². The van der Waals surface area contributed by atoms with Gasteiger partial charge in [-0.2, -0.15) is 0 Å². The molecular weight excluding hydrogens is 516 g/mol. The number of nitrogens with one attached hydrogen (secondary N) is 2. The van der Waals surface area contributed by atoms with Crippen LogP contribution in [0, 0.1) is 11.6 Å². The number of hydrogen-bond donors (Lipinski definition) is 3. The highest BCUT2D eigenvalue weighted by atomic mass is 19.1. The number of carbonyl (C=O) groups is 2. The van der Waals surface area contributed by atoms with Crippen molar-refractivity contribution < 1.29 is 23.1 Å². The average molecular weight is 550 g/mol. The highest BCUT2D eigenvalue weighted by Crippen LogP contribution is 2.33. The molecule has 1 aromatic heterocycles. The third kappa shape index (κ3) is 5.84. The molecule has 7 nitrogen and oxygen atoms in total. The lowest BCUT2D eigenvalue weighted by atomic mass is 9.96. The summed E-state index contributed by atoms with van der Waals surface area (Å²) in [5, 5.41) is 3.49. The molecule has 0 saturated heterocycles. The molecule has 0 radical (unpaired) electrons. The lowest BCUT2D eigenvalue weighted by Crippen LogP contribution is -2.52. The number of H-pyrrole nitrogens is 1. The first-order valence-corrected chi connectivity index (χ1v) is 13.8. The molecule has 1 heterocycles. The number of halogens is 2. The van der Waals surface area contributed by atoms with Crippen LogP contribution >= 0.6 is 0 Å². The van der Waals surface area contributed by atoms with Crippen molar-refractivity contribution in [1.82, 2.24) is 10.3 Å². The van der Waals surface area contributed by atoms with Crippen LogP contribution in [0.2, 0.25) is 0 Å². The van der Waals surface area contributed by atoms with Crippen LogP contribution in [0.3, 0.4) is 0 Å². The van der Waals surface area contributed by atoms with Gasteiger partial charge in [-0.25, -0.2) is 8.78 Å². The third-order valence-corrected chi connectivity index (χ3v) is 8.06. The molecule has 0 amide bonds. The van der Waals surface area contributed by atoms with Gasteiger partial charge in [0, 0.05) is 18.2 Å². The van der Waals surface area contributed by atoms with Crippen LogP contribution in [0.25, 0.3) is 11.1 Å². The Labute approximate surface area is 231 Å². The summed E-state index contributed by atoms with van der Waals surface area (Å²) in [5.41, 5.74) is 6.10. The molecule has 40 heavy (non-hydrogen) atoms. The quantitative estimate of drug-likeness (QED) is 0.254. The van der Waals surface area contributed by atoms with E-state index in [1.54, 1.807) is 12.1 Å². The van der Waals surface area contributed by atoms with E-state index in [1.165, 1.54) is 6.07 Å². The van der Waals surface area contributed by atoms with E-state index >= 15 is 0 Å². The Morgan fingerprint density at radius 2 is 1.68 bits per heavy atom. The van der Waals surface area contributed by atoms with Crippen molar-refractivity contribution in [2.24, 2.45) is 0 Å². The number of esters is 1. The zero-order valence-electron chi connectivity index (χ0n) is 22.2. The lowest BCUT2D eigenvalue weighted by Gasteiger charge is -2.29. The molecule has 2 aliphatic rings. The van der Waals surface area contributed by atoms with Crippen LogP contribution in [0.1, 0.15) is 72.9 Å². The number of nitrogen functional groups attached to an aromatic ring is 1. The van der Waals surface area contributed by atoms with Gasteiger partial charge in [0.1, 0.15) is 29.1 Å². The number of ether oxygens (including phenoxy) is 1. The molecule has 5 rings (SSSR count). The second kappa shape index (κ2) is 11.7. The van der Waals surface area contributed by atoms with Gasteiger partial charge in [0.05, 0.1) is 11.1 Å². The van der Waals surface area contributed by atoms with Gasteiger partial charge in [0.25, 0.3) is 5.56 Å². The highest BCUT2D eigenvalue weighted by molar-refractivity contribution is 6.12. The Kier molecular flexibility index (Phi) is 8.12. The van der Waals surface area contributed by atoms with Crippen molar-refractivity contribution >= 4 is 17.6 Å². The second-order valence-electron chi connectivity index (χ2n) is 10.8. The fourth-order valence-corrected chi connectivity index (χ4v) is 5.76. The van der Waals surface area contributed by atoms with Crippen molar-refractivity contribution in [2.75, 3.05) is 12.3 Å². The molecule has 0 unspecified atom stereocenters. The number of rotatable bonds is 9. The number of carbonyl (C=O) groups excluding carboxylic acids is 2. The standard InChI is InChI=1S/C31H33F2N3O4/c32-21-11-12-23(26(33)17-21)27(37)25-18-24(29(38)36-28(25)34)20-9-7-19(8-10-20)13-16-35-31(14-3-4-15-31)30(39)40-22-5-1-2-6-22/h7-12,17-18,22,35H,1-6,13-16H2,(H3,34,36,38). The zero-order chi connectivity index (χ0) is 28.3. The van der Waals surface area contributed by atoms with E-state index in [9.17, 15) is 23.2 Å². The summed E-state index contributed by atoms with van der Waals surface area (Å²) < 4.78 is 33.4. The largest absolute Gasteiger partial charge is 0.461 e. The van der Waals surface area contributed by atoms with E-state index in [0.717, 1.165) is 69.1 Å². The van der Waals surface area contributed by atoms with Gasteiger partial charge in [-0.15, -0.1) is 0 Å². The topological polar surface area (TPSA) is 114 Å². The van der Waals surface area contributed by atoms with Crippen LogP contribution in [0.5, 0.6) is 0 Å². The van der Waals surface area contributed by atoms with E-state index in [4.69, 9.17) is 10.5 Å².